The molecule has 1 aromatic carbocycles. The van der Waals surface area contributed by atoms with E-state index in [1.165, 1.54) is 6.07 Å². The highest BCUT2D eigenvalue weighted by Crippen LogP contribution is 2.22. The Kier molecular flexibility index (Phi) is 2.37. The van der Waals surface area contributed by atoms with Crippen molar-refractivity contribution in [2.75, 3.05) is 0 Å². The first-order valence-electron chi connectivity index (χ1n) is 4.65. The molecular weight excluding hydrogens is 224 g/mol. The van der Waals surface area contributed by atoms with Gasteiger partial charge in [-0.2, -0.15) is 5.26 Å². The summed E-state index contributed by atoms with van der Waals surface area (Å²) in [5, 5.41) is 19.4. The number of hydrogen-bond donors (Lipinski definition) is 0. The van der Waals surface area contributed by atoms with E-state index in [4.69, 9.17) is 9.68 Å². The van der Waals surface area contributed by atoms with Gasteiger partial charge in [-0.1, -0.05) is 0 Å². The Morgan fingerprint density at radius 2 is 2.18 bits per heavy atom. The fraction of sp³-hybridized carbons (Fsp3) is 0.0909. The summed E-state index contributed by atoms with van der Waals surface area (Å²) in [6.45, 7) is 1.60. The number of hydrogen-bond acceptors (Lipinski definition) is 5. The second kappa shape index (κ2) is 3.72. The van der Waals surface area contributed by atoms with Gasteiger partial charge in [-0.05, 0) is 12.5 Å². The molecule has 0 aliphatic heterocycles. The van der Waals surface area contributed by atoms with Crippen LogP contribution in [0.1, 0.15) is 11.1 Å². The van der Waals surface area contributed by atoms with Gasteiger partial charge in [0.25, 0.3) is 5.69 Å². The predicted octanol–water partition coefficient (Wildman–Crippen LogP) is 1.88. The van der Waals surface area contributed by atoms with Crippen LogP contribution >= 0.6 is 0 Å². The topological polar surface area (TPSA) is 97.1 Å². The number of nitriles is 1. The summed E-state index contributed by atoms with van der Waals surface area (Å²) < 4.78 is 5.13. The lowest BCUT2D eigenvalue weighted by Gasteiger charge is -2.00. The second-order valence-electron chi connectivity index (χ2n) is 3.49. The molecular formula is C11H6N2O4. The van der Waals surface area contributed by atoms with Crippen LogP contribution in [0.3, 0.4) is 0 Å². The van der Waals surface area contributed by atoms with Gasteiger partial charge in [0.2, 0.25) is 5.43 Å². The van der Waals surface area contributed by atoms with Crippen LogP contribution in [-0.2, 0) is 0 Å². The first kappa shape index (κ1) is 10.8. The van der Waals surface area contributed by atoms with Gasteiger partial charge >= 0.3 is 0 Å². The smallest absolute Gasteiger partial charge is 0.270 e. The van der Waals surface area contributed by atoms with Crippen LogP contribution in [0.4, 0.5) is 5.69 Å². The van der Waals surface area contributed by atoms with Gasteiger partial charge in [-0.25, -0.2) is 0 Å². The minimum absolute atomic E-state index is 0.0516. The quantitative estimate of drug-likeness (QED) is 0.550. The zero-order chi connectivity index (χ0) is 12.6. The predicted molar refractivity (Wildman–Crippen MR) is 58.6 cm³/mol. The van der Waals surface area contributed by atoms with Crippen LogP contribution in [0.2, 0.25) is 0 Å². The molecule has 0 aliphatic rings. The summed E-state index contributed by atoms with van der Waals surface area (Å²) in [5.41, 5.74) is -0.175. The number of nitro benzene ring substituents is 1. The van der Waals surface area contributed by atoms with Gasteiger partial charge in [-0.3, -0.25) is 14.9 Å². The molecule has 0 amide bonds. The van der Waals surface area contributed by atoms with Crippen molar-refractivity contribution in [1.29, 1.82) is 5.26 Å². The van der Waals surface area contributed by atoms with Gasteiger partial charge in [0.1, 0.15) is 23.5 Å². The van der Waals surface area contributed by atoms with E-state index < -0.39 is 10.4 Å². The van der Waals surface area contributed by atoms with Crippen molar-refractivity contribution in [3.8, 4) is 6.07 Å². The number of nitrogens with zero attached hydrogens (tertiary/aromatic N) is 2. The van der Waals surface area contributed by atoms with Crippen molar-refractivity contribution in [2.24, 2.45) is 0 Å². The van der Waals surface area contributed by atoms with Crippen LogP contribution in [0.25, 0.3) is 11.0 Å². The molecule has 0 bridgehead atoms. The molecule has 0 saturated heterocycles. The summed E-state index contributed by atoms with van der Waals surface area (Å²) in [6, 6.07) is 4.12. The molecule has 0 saturated carbocycles. The molecule has 2 aromatic rings. The van der Waals surface area contributed by atoms with Crippen molar-refractivity contribution in [3.05, 3.63) is 49.9 Å². The lowest BCUT2D eigenvalue weighted by molar-refractivity contribution is -0.384. The van der Waals surface area contributed by atoms with E-state index in [2.05, 4.69) is 0 Å². The van der Waals surface area contributed by atoms with E-state index in [0.29, 0.717) is 5.56 Å². The van der Waals surface area contributed by atoms with Gasteiger partial charge in [-0.15, -0.1) is 0 Å². The Balaban J connectivity index is 2.95. The summed E-state index contributed by atoms with van der Waals surface area (Å²) in [6.07, 6.45) is 1.06. The van der Waals surface area contributed by atoms with Gasteiger partial charge < -0.3 is 4.42 Å². The van der Waals surface area contributed by atoms with E-state index in [-0.39, 0.29) is 22.2 Å². The molecule has 0 aliphatic carbocycles. The van der Waals surface area contributed by atoms with Crippen molar-refractivity contribution >= 4 is 16.7 Å². The molecule has 6 heteroatoms. The van der Waals surface area contributed by atoms with Crippen LogP contribution in [0.5, 0.6) is 0 Å². The highest BCUT2D eigenvalue weighted by Gasteiger charge is 2.14. The minimum atomic E-state index is -0.592. The molecule has 17 heavy (non-hydrogen) atoms. The first-order valence-corrected chi connectivity index (χ1v) is 4.65. The lowest BCUT2D eigenvalue weighted by Crippen LogP contribution is -2.06. The number of nitro groups is 1. The highest BCUT2D eigenvalue weighted by molar-refractivity contribution is 5.83. The Hall–Kier alpha value is -2.68. The Morgan fingerprint density at radius 1 is 1.47 bits per heavy atom. The maximum Gasteiger partial charge on any atom is 0.270 e. The Bertz CT molecular complexity index is 725. The van der Waals surface area contributed by atoms with E-state index >= 15 is 0 Å². The molecule has 0 radical (unpaired) electrons. The van der Waals surface area contributed by atoms with E-state index in [1.807, 2.05) is 0 Å². The average molecular weight is 230 g/mol. The first-order chi connectivity index (χ1) is 8.04. The van der Waals surface area contributed by atoms with Crippen molar-refractivity contribution in [3.63, 3.8) is 0 Å². The van der Waals surface area contributed by atoms with E-state index in [1.54, 1.807) is 13.0 Å². The van der Waals surface area contributed by atoms with Crippen LogP contribution < -0.4 is 5.43 Å². The fourth-order valence-corrected chi connectivity index (χ4v) is 1.58. The van der Waals surface area contributed by atoms with Crippen LogP contribution in [0, 0.1) is 28.4 Å². The van der Waals surface area contributed by atoms with Crippen LogP contribution in [0.15, 0.2) is 27.6 Å². The molecule has 0 fully saturated rings. The van der Waals surface area contributed by atoms with Crippen LogP contribution in [-0.4, -0.2) is 4.92 Å². The summed E-state index contributed by atoms with van der Waals surface area (Å²) in [7, 11) is 0. The van der Waals surface area contributed by atoms with Crippen molar-refractivity contribution in [1.82, 2.24) is 0 Å². The molecule has 0 spiro atoms. The van der Waals surface area contributed by atoms with E-state index in [9.17, 15) is 14.9 Å². The summed E-state index contributed by atoms with van der Waals surface area (Å²) in [5.74, 6) is 0. The molecule has 6 nitrogen and oxygen atoms in total. The zero-order valence-electron chi connectivity index (χ0n) is 8.76. The Labute approximate surface area is 94.9 Å². The maximum atomic E-state index is 11.8. The van der Waals surface area contributed by atoms with Gasteiger partial charge in [0.15, 0.2) is 0 Å². The second-order valence-corrected chi connectivity index (χ2v) is 3.49. The SMILES string of the molecule is Cc1cc([N+](=O)[O-])cc2c(=O)c(C#N)coc12. The lowest BCUT2D eigenvalue weighted by atomic mass is 10.1. The minimum Gasteiger partial charge on any atom is -0.462 e. The van der Waals surface area contributed by atoms with Gasteiger partial charge in [0, 0.05) is 12.1 Å². The molecule has 0 unspecified atom stereocenters. The highest BCUT2D eigenvalue weighted by atomic mass is 16.6. The number of non-ortho nitro benzene ring substituents is 1. The van der Waals surface area contributed by atoms with Crippen molar-refractivity contribution < 1.29 is 9.34 Å². The number of benzene rings is 1. The van der Waals surface area contributed by atoms with Gasteiger partial charge in [0.05, 0.1) is 10.3 Å². The average Bonchev–Trinajstić information content (AvgIpc) is 2.30. The largest absolute Gasteiger partial charge is 0.462 e. The standard InChI is InChI=1S/C11H6N2O4/c1-6-2-8(13(15)16)3-9-10(14)7(4-12)5-17-11(6)9/h2-3,5H,1H3. The summed E-state index contributed by atoms with van der Waals surface area (Å²) >= 11 is 0. The molecule has 1 aromatic heterocycles. The normalized spacial score (nSPS) is 10.1. The Morgan fingerprint density at radius 3 is 2.76 bits per heavy atom. The third-order valence-corrected chi connectivity index (χ3v) is 2.37. The maximum absolute atomic E-state index is 11.8. The molecule has 1 heterocycles. The zero-order valence-corrected chi connectivity index (χ0v) is 8.76. The fourth-order valence-electron chi connectivity index (χ4n) is 1.58. The van der Waals surface area contributed by atoms with Crippen molar-refractivity contribution in [2.45, 2.75) is 6.92 Å². The monoisotopic (exact) mass is 230 g/mol. The van der Waals surface area contributed by atoms with E-state index in [0.717, 1.165) is 12.3 Å². The molecule has 0 atom stereocenters. The molecule has 0 N–H and O–H groups in total. The molecule has 84 valence electrons. The third-order valence-electron chi connectivity index (χ3n) is 2.37. The summed E-state index contributed by atoms with van der Waals surface area (Å²) in [4.78, 5) is 21.9. The number of fused-ring (bicyclic) bond motifs is 1. The molecule has 2 rings (SSSR count). The third kappa shape index (κ3) is 1.63. The number of rotatable bonds is 1. The number of aryl methyl sites for hydroxylation is 1.